The van der Waals surface area contributed by atoms with E-state index in [0.717, 1.165) is 5.39 Å². The van der Waals surface area contributed by atoms with E-state index in [1.807, 2.05) is 0 Å². The molecule has 1 unspecified atom stereocenters. The maximum Gasteiger partial charge on any atom is 0.139 e. The summed E-state index contributed by atoms with van der Waals surface area (Å²) in [6, 6.07) is 7.22. The Labute approximate surface area is 81.2 Å². The molecular formula is C11H9NO2. The van der Waals surface area contributed by atoms with Crippen LogP contribution in [0.1, 0.15) is 24.2 Å². The molecule has 1 aromatic heterocycles. The average Bonchev–Trinajstić information content (AvgIpc) is 2.63. The van der Waals surface area contributed by atoms with E-state index < -0.39 is 6.10 Å². The van der Waals surface area contributed by atoms with Gasteiger partial charge in [0.2, 0.25) is 0 Å². The van der Waals surface area contributed by atoms with E-state index in [2.05, 4.69) is 6.07 Å². The van der Waals surface area contributed by atoms with Crippen molar-refractivity contribution in [3.05, 3.63) is 35.6 Å². The molecule has 0 bridgehead atoms. The summed E-state index contributed by atoms with van der Waals surface area (Å²) in [5.74, 6) is 0. The Morgan fingerprint density at radius 2 is 2.29 bits per heavy atom. The molecule has 70 valence electrons. The van der Waals surface area contributed by atoms with Crippen molar-refractivity contribution in [2.75, 3.05) is 0 Å². The first-order chi connectivity index (χ1) is 6.72. The van der Waals surface area contributed by atoms with Gasteiger partial charge in [0, 0.05) is 10.9 Å². The van der Waals surface area contributed by atoms with Crippen molar-refractivity contribution in [1.29, 1.82) is 5.26 Å². The molecule has 0 fully saturated rings. The first-order valence-corrected chi connectivity index (χ1v) is 4.31. The fraction of sp³-hybridized carbons (Fsp3) is 0.182. The third kappa shape index (κ3) is 1.26. The van der Waals surface area contributed by atoms with Gasteiger partial charge >= 0.3 is 0 Å². The maximum atomic E-state index is 9.49. The molecule has 0 radical (unpaired) electrons. The molecule has 3 nitrogen and oxygen atoms in total. The number of benzene rings is 1. The molecule has 14 heavy (non-hydrogen) atoms. The van der Waals surface area contributed by atoms with Crippen molar-refractivity contribution in [2.45, 2.75) is 13.0 Å². The number of furan rings is 1. The van der Waals surface area contributed by atoms with Gasteiger partial charge in [0.15, 0.2) is 0 Å². The molecule has 2 rings (SSSR count). The predicted molar refractivity (Wildman–Crippen MR) is 51.6 cm³/mol. The van der Waals surface area contributed by atoms with Gasteiger partial charge in [-0.25, -0.2) is 0 Å². The lowest BCUT2D eigenvalue weighted by Gasteiger charge is -2.05. The minimum Gasteiger partial charge on any atom is -0.464 e. The third-order valence-electron chi connectivity index (χ3n) is 2.16. The van der Waals surface area contributed by atoms with Crippen LogP contribution in [0.25, 0.3) is 11.0 Å². The van der Waals surface area contributed by atoms with Gasteiger partial charge in [-0.1, -0.05) is 0 Å². The van der Waals surface area contributed by atoms with E-state index in [1.54, 1.807) is 31.4 Å². The summed E-state index contributed by atoms with van der Waals surface area (Å²) >= 11 is 0. The minimum absolute atomic E-state index is 0.537. The number of nitrogens with zero attached hydrogens (tertiary/aromatic N) is 1. The molecule has 0 saturated heterocycles. The van der Waals surface area contributed by atoms with Crippen molar-refractivity contribution in [1.82, 2.24) is 0 Å². The fourth-order valence-corrected chi connectivity index (χ4v) is 1.48. The Balaban J connectivity index is 2.78. The zero-order valence-corrected chi connectivity index (χ0v) is 7.69. The van der Waals surface area contributed by atoms with Gasteiger partial charge in [-0.05, 0) is 25.1 Å². The minimum atomic E-state index is -0.628. The van der Waals surface area contributed by atoms with E-state index in [1.165, 1.54) is 0 Å². The van der Waals surface area contributed by atoms with Crippen LogP contribution >= 0.6 is 0 Å². The summed E-state index contributed by atoms with van der Waals surface area (Å²) in [4.78, 5) is 0. The fourth-order valence-electron chi connectivity index (χ4n) is 1.48. The van der Waals surface area contributed by atoms with Crippen molar-refractivity contribution in [2.24, 2.45) is 0 Å². The molecule has 1 atom stereocenters. The van der Waals surface area contributed by atoms with E-state index in [-0.39, 0.29) is 0 Å². The summed E-state index contributed by atoms with van der Waals surface area (Å²) in [5, 5.41) is 19.1. The van der Waals surface area contributed by atoms with Crippen LogP contribution in [0, 0.1) is 11.3 Å². The smallest absolute Gasteiger partial charge is 0.139 e. The molecule has 1 heterocycles. The van der Waals surface area contributed by atoms with E-state index in [9.17, 15) is 5.11 Å². The Bertz CT molecular complexity index is 505. The largest absolute Gasteiger partial charge is 0.464 e. The number of hydrogen-bond acceptors (Lipinski definition) is 3. The zero-order chi connectivity index (χ0) is 10.1. The quantitative estimate of drug-likeness (QED) is 0.745. The Morgan fingerprint density at radius 3 is 2.93 bits per heavy atom. The molecule has 2 aromatic rings. The lowest BCUT2D eigenvalue weighted by molar-refractivity contribution is 0.199. The van der Waals surface area contributed by atoms with Crippen molar-refractivity contribution in [3.8, 4) is 6.07 Å². The summed E-state index contributed by atoms with van der Waals surface area (Å²) in [6.07, 6.45) is 0.925. The second-order valence-corrected chi connectivity index (χ2v) is 3.19. The lowest BCUT2D eigenvalue weighted by atomic mass is 10.0. The number of nitriles is 1. The SMILES string of the molecule is CC(O)c1cc(C#N)cc2ccoc12. The highest BCUT2D eigenvalue weighted by molar-refractivity contribution is 5.82. The van der Waals surface area contributed by atoms with Crippen LogP contribution in [-0.4, -0.2) is 5.11 Å². The Morgan fingerprint density at radius 1 is 1.50 bits per heavy atom. The Kier molecular flexibility index (Phi) is 1.99. The standard InChI is InChI=1S/C11H9NO2/c1-7(13)10-5-8(6-12)4-9-2-3-14-11(9)10/h2-5,7,13H,1H3. The van der Waals surface area contributed by atoms with Crippen molar-refractivity contribution < 1.29 is 9.52 Å². The van der Waals surface area contributed by atoms with Crippen LogP contribution in [0.5, 0.6) is 0 Å². The number of fused-ring (bicyclic) bond motifs is 1. The second-order valence-electron chi connectivity index (χ2n) is 3.19. The monoisotopic (exact) mass is 187 g/mol. The van der Waals surface area contributed by atoms with Crippen LogP contribution in [0.4, 0.5) is 0 Å². The molecule has 0 aliphatic rings. The van der Waals surface area contributed by atoms with Gasteiger partial charge in [-0.2, -0.15) is 5.26 Å². The second kappa shape index (κ2) is 3.17. The summed E-state index contributed by atoms with van der Waals surface area (Å²) in [6.45, 7) is 1.65. The molecule has 0 spiro atoms. The molecule has 1 aromatic carbocycles. The lowest BCUT2D eigenvalue weighted by Crippen LogP contribution is -1.92. The van der Waals surface area contributed by atoms with Gasteiger partial charge in [-0.3, -0.25) is 0 Å². The third-order valence-corrected chi connectivity index (χ3v) is 2.16. The van der Waals surface area contributed by atoms with Crippen LogP contribution in [-0.2, 0) is 0 Å². The van der Waals surface area contributed by atoms with Crippen LogP contribution in [0.15, 0.2) is 28.9 Å². The highest BCUT2D eigenvalue weighted by Gasteiger charge is 2.10. The number of aliphatic hydroxyl groups excluding tert-OH is 1. The molecule has 1 N–H and O–H groups in total. The average molecular weight is 187 g/mol. The van der Waals surface area contributed by atoms with Crippen LogP contribution in [0.2, 0.25) is 0 Å². The molecule has 0 aliphatic carbocycles. The summed E-state index contributed by atoms with van der Waals surface area (Å²) in [7, 11) is 0. The van der Waals surface area contributed by atoms with E-state index >= 15 is 0 Å². The van der Waals surface area contributed by atoms with Crippen molar-refractivity contribution >= 4 is 11.0 Å². The highest BCUT2D eigenvalue weighted by Crippen LogP contribution is 2.26. The van der Waals surface area contributed by atoms with Crippen molar-refractivity contribution in [3.63, 3.8) is 0 Å². The number of hydrogen-bond donors (Lipinski definition) is 1. The number of aliphatic hydroxyl groups is 1. The van der Waals surface area contributed by atoms with E-state index in [0.29, 0.717) is 16.7 Å². The van der Waals surface area contributed by atoms with Gasteiger partial charge < -0.3 is 9.52 Å². The number of rotatable bonds is 1. The van der Waals surface area contributed by atoms with Gasteiger partial charge in [0.05, 0.1) is 24.0 Å². The first-order valence-electron chi connectivity index (χ1n) is 4.31. The summed E-state index contributed by atoms with van der Waals surface area (Å²) in [5.41, 5.74) is 1.85. The zero-order valence-electron chi connectivity index (χ0n) is 7.69. The van der Waals surface area contributed by atoms with E-state index in [4.69, 9.17) is 9.68 Å². The first kappa shape index (κ1) is 8.79. The molecule has 0 aliphatic heterocycles. The normalized spacial score (nSPS) is 12.6. The molecular weight excluding hydrogens is 178 g/mol. The Hall–Kier alpha value is -1.79. The maximum absolute atomic E-state index is 9.49. The van der Waals surface area contributed by atoms with Gasteiger partial charge in [0.25, 0.3) is 0 Å². The molecule has 0 amide bonds. The van der Waals surface area contributed by atoms with Crippen LogP contribution < -0.4 is 0 Å². The molecule has 3 heteroatoms. The van der Waals surface area contributed by atoms with Crippen LogP contribution in [0.3, 0.4) is 0 Å². The van der Waals surface area contributed by atoms with Gasteiger partial charge in [0.1, 0.15) is 5.58 Å². The molecule has 0 saturated carbocycles. The topological polar surface area (TPSA) is 57.2 Å². The highest BCUT2D eigenvalue weighted by atomic mass is 16.3. The summed E-state index contributed by atoms with van der Waals surface area (Å²) < 4.78 is 5.24. The predicted octanol–water partition coefficient (Wildman–Crippen LogP) is 2.36. The van der Waals surface area contributed by atoms with Gasteiger partial charge in [-0.15, -0.1) is 0 Å².